The maximum Gasteiger partial charge on any atom is 0.215 e. The van der Waals surface area contributed by atoms with Crippen LogP contribution in [0, 0.1) is 5.92 Å². The van der Waals surface area contributed by atoms with Crippen molar-refractivity contribution >= 4 is 10.0 Å². The summed E-state index contributed by atoms with van der Waals surface area (Å²) in [7, 11) is -1.43. The summed E-state index contributed by atoms with van der Waals surface area (Å²) in [4.78, 5) is 0. The van der Waals surface area contributed by atoms with E-state index in [9.17, 15) is 8.42 Å². The number of sulfonamides is 1. The van der Waals surface area contributed by atoms with E-state index in [-0.39, 0.29) is 6.04 Å². The van der Waals surface area contributed by atoms with Gasteiger partial charge in [-0.2, -0.15) is 0 Å². The molecule has 0 saturated carbocycles. The Morgan fingerprint density at radius 3 is 2.07 bits per heavy atom. The first-order chi connectivity index (χ1) is 6.79. The Balaban J connectivity index is 4.25. The summed E-state index contributed by atoms with van der Waals surface area (Å²) in [5, 5.41) is 2.48. The zero-order chi connectivity index (χ0) is 12.1. The molecular weight excluding hydrogens is 212 g/mol. The summed E-state index contributed by atoms with van der Waals surface area (Å²) < 4.78 is 26.2. The Morgan fingerprint density at radius 1 is 1.13 bits per heavy atom. The SMILES string of the molecule is CNCC(C)S(=O)(=O)NC(C)CC(C)C. The molecule has 92 valence electrons. The minimum Gasteiger partial charge on any atom is -0.318 e. The van der Waals surface area contributed by atoms with E-state index in [1.54, 1.807) is 14.0 Å². The van der Waals surface area contributed by atoms with E-state index in [1.807, 2.05) is 6.92 Å². The lowest BCUT2D eigenvalue weighted by Gasteiger charge is -2.19. The van der Waals surface area contributed by atoms with Gasteiger partial charge in [0.1, 0.15) is 0 Å². The maximum absolute atomic E-state index is 11.8. The number of hydrogen-bond acceptors (Lipinski definition) is 3. The Kier molecular flexibility index (Phi) is 6.40. The Morgan fingerprint density at radius 2 is 1.67 bits per heavy atom. The molecule has 0 aromatic carbocycles. The van der Waals surface area contributed by atoms with Gasteiger partial charge in [-0.25, -0.2) is 13.1 Å². The predicted molar refractivity (Wildman–Crippen MR) is 64.4 cm³/mol. The van der Waals surface area contributed by atoms with Gasteiger partial charge in [-0.3, -0.25) is 0 Å². The predicted octanol–water partition coefficient (Wildman–Crippen LogP) is 0.948. The van der Waals surface area contributed by atoms with E-state index in [0.717, 1.165) is 6.42 Å². The van der Waals surface area contributed by atoms with Gasteiger partial charge in [-0.1, -0.05) is 13.8 Å². The lowest BCUT2D eigenvalue weighted by molar-refractivity contribution is 0.478. The first-order valence-corrected chi connectivity index (χ1v) is 7.00. The van der Waals surface area contributed by atoms with Crippen molar-refractivity contribution < 1.29 is 8.42 Å². The van der Waals surface area contributed by atoms with Crippen LogP contribution in [0.2, 0.25) is 0 Å². The van der Waals surface area contributed by atoms with Gasteiger partial charge >= 0.3 is 0 Å². The van der Waals surface area contributed by atoms with E-state index in [1.165, 1.54) is 0 Å². The van der Waals surface area contributed by atoms with Crippen molar-refractivity contribution in [3.8, 4) is 0 Å². The van der Waals surface area contributed by atoms with Crippen molar-refractivity contribution in [3.05, 3.63) is 0 Å². The fraction of sp³-hybridized carbons (Fsp3) is 1.00. The van der Waals surface area contributed by atoms with Crippen molar-refractivity contribution in [2.24, 2.45) is 5.92 Å². The molecule has 4 nitrogen and oxygen atoms in total. The number of hydrogen-bond donors (Lipinski definition) is 2. The van der Waals surface area contributed by atoms with Crippen molar-refractivity contribution in [3.63, 3.8) is 0 Å². The summed E-state index contributed by atoms with van der Waals surface area (Å²) in [5.41, 5.74) is 0. The molecule has 0 aromatic rings. The van der Waals surface area contributed by atoms with Gasteiger partial charge in [-0.05, 0) is 33.2 Å². The number of rotatable bonds is 7. The second-order valence-electron chi connectivity index (χ2n) is 4.56. The highest BCUT2D eigenvalue weighted by Crippen LogP contribution is 2.07. The molecule has 0 fully saturated rings. The molecule has 0 rings (SSSR count). The van der Waals surface area contributed by atoms with Crippen molar-refractivity contribution in [2.75, 3.05) is 13.6 Å². The van der Waals surface area contributed by atoms with Gasteiger partial charge < -0.3 is 5.32 Å². The minimum absolute atomic E-state index is 0.00862. The highest BCUT2D eigenvalue weighted by molar-refractivity contribution is 7.90. The first kappa shape index (κ1) is 14.9. The molecule has 0 aliphatic rings. The van der Waals surface area contributed by atoms with Crippen LogP contribution in [-0.2, 0) is 10.0 Å². The first-order valence-electron chi connectivity index (χ1n) is 5.45. The number of nitrogens with one attached hydrogen (secondary N) is 2. The third-order valence-corrected chi connectivity index (χ3v) is 4.17. The van der Waals surface area contributed by atoms with E-state index < -0.39 is 15.3 Å². The molecule has 0 amide bonds. The van der Waals surface area contributed by atoms with Crippen LogP contribution in [0.5, 0.6) is 0 Å². The molecule has 0 aliphatic carbocycles. The van der Waals surface area contributed by atoms with Crippen LogP contribution in [0.25, 0.3) is 0 Å². The molecule has 5 heteroatoms. The van der Waals surface area contributed by atoms with Crippen LogP contribution in [0.4, 0.5) is 0 Å². The molecule has 15 heavy (non-hydrogen) atoms. The van der Waals surface area contributed by atoms with Gasteiger partial charge in [0.25, 0.3) is 0 Å². The summed E-state index contributed by atoms with van der Waals surface area (Å²) in [6, 6.07) is 0.00862. The van der Waals surface area contributed by atoms with Gasteiger partial charge in [0.2, 0.25) is 10.0 Å². The maximum atomic E-state index is 11.8. The van der Waals surface area contributed by atoms with Crippen LogP contribution in [0.15, 0.2) is 0 Å². The average Bonchev–Trinajstić information content (AvgIpc) is 2.01. The van der Waals surface area contributed by atoms with Gasteiger partial charge in [-0.15, -0.1) is 0 Å². The summed E-state index contributed by atoms with van der Waals surface area (Å²) in [6.45, 7) is 8.26. The lowest BCUT2D eigenvalue weighted by Crippen LogP contribution is -2.42. The van der Waals surface area contributed by atoms with Crippen LogP contribution in [-0.4, -0.2) is 33.3 Å². The Labute approximate surface area is 93.9 Å². The molecule has 0 radical (unpaired) electrons. The van der Waals surface area contributed by atoms with Crippen molar-refractivity contribution in [2.45, 2.75) is 45.4 Å². The lowest BCUT2D eigenvalue weighted by atomic mass is 10.1. The molecule has 0 heterocycles. The topological polar surface area (TPSA) is 58.2 Å². The zero-order valence-corrected chi connectivity index (χ0v) is 11.2. The Hall–Kier alpha value is -0.130. The second-order valence-corrected chi connectivity index (χ2v) is 6.69. The van der Waals surface area contributed by atoms with E-state index in [4.69, 9.17) is 0 Å². The van der Waals surface area contributed by atoms with E-state index in [0.29, 0.717) is 12.5 Å². The quantitative estimate of drug-likeness (QED) is 0.692. The zero-order valence-electron chi connectivity index (χ0n) is 10.4. The molecule has 0 aliphatic heterocycles. The van der Waals surface area contributed by atoms with Crippen LogP contribution < -0.4 is 10.0 Å². The molecule has 0 bridgehead atoms. The fourth-order valence-electron chi connectivity index (χ4n) is 1.55. The van der Waals surface area contributed by atoms with E-state index in [2.05, 4.69) is 23.9 Å². The molecule has 0 spiro atoms. The summed E-state index contributed by atoms with van der Waals surface area (Å²) in [6.07, 6.45) is 0.867. The van der Waals surface area contributed by atoms with E-state index >= 15 is 0 Å². The minimum atomic E-state index is -3.18. The molecule has 2 atom stereocenters. The highest BCUT2D eigenvalue weighted by Gasteiger charge is 2.22. The largest absolute Gasteiger partial charge is 0.318 e. The summed E-state index contributed by atoms with van der Waals surface area (Å²) >= 11 is 0. The van der Waals surface area contributed by atoms with Crippen molar-refractivity contribution in [1.29, 1.82) is 0 Å². The molecule has 0 saturated heterocycles. The third-order valence-electron chi connectivity index (χ3n) is 2.21. The Bertz CT molecular complexity index is 263. The average molecular weight is 236 g/mol. The smallest absolute Gasteiger partial charge is 0.215 e. The molecule has 2 N–H and O–H groups in total. The fourth-order valence-corrected chi connectivity index (χ4v) is 2.82. The monoisotopic (exact) mass is 236 g/mol. The van der Waals surface area contributed by atoms with Gasteiger partial charge in [0, 0.05) is 12.6 Å². The van der Waals surface area contributed by atoms with Crippen LogP contribution >= 0.6 is 0 Å². The van der Waals surface area contributed by atoms with Crippen LogP contribution in [0.3, 0.4) is 0 Å². The summed E-state index contributed by atoms with van der Waals surface area (Å²) in [5.74, 6) is 0.502. The highest BCUT2D eigenvalue weighted by atomic mass is 32.2. The molecule has 2 unspecified atom stereocenters. The normalized spacial score (nSPS) is 16.7. The third kappa shape index (κ3) is 6.12. The molecule has 0 aromatic heterocycles. The van der Waals surface area contributed by atoms with Gasteiger partial charge in [0.15, 0.2) is 0 Å². The molecular formula is C10H24N2O2S. The standard InChI is InChI=1S/C10H24N2O2S/c1-8(2)6-9(3)12-15(13,14)10(4)7-11-5/h8-12H,6-7H2,1-5H3. The van der Waals surface area contributed by atoms with Crippen molar-refractivity contribution in [1.82, 2.24) is 10.0 Å². The van der Waals surface area contributed by atoms with Gasteiger partial charge in [0.05, 0.1) is 5.25 Å². The van der Waals surface area contributed by atoms with Crippen LogP contribution in [0.1, 0.15) is 34.1 Å². The second kappa shape index (κ2) is 6.45.